The van der Waals surface area contributed by atoms with E-state index in [9.17, 15) is 41.3 Å². The molecule has 0 fully saturated rings. The molecule has 0 aliphatic heterocycles. The molecule has 0 radical (unpaired) electrons. The highest BCUT2D eigenvalue weighted by Crippen LogP contribution is 2.36. The van der Waals surface area contributed by atoms with Crippen LogP contribution < -0.4 is 10.6 Å². The average Bonchev–Trinajstić information content (AvgIpc) is 3.16. The highest BCUT2D eigenvalue weighted by Gasteiger charge is 2.42. The van der Waals surface area contributed by atoms with Gasteiger partial charge >= 0.3 is 18.4 Å². The second-order valence-corrected chi connectivity index (χ2v) is 6.78. The van der Waals surface area contributed by atoms with Crippen molar-refractivity contribution in [1.82, 2.24) is 9.78 Å². The van der Waals surface area contributed by atoms with Gasteiger partial charge in [-0.2, -0.15) is 31.4 Å². The molecule has 174 valence electrons. The number of hydrogen-bond donors (Lipinski definition) is 2. The smallest absolute Gasteiger partial charge is 0.308 e. The third-order valence-electron chi connectivity index (χ3n) is 4.07. The van der Waals surface area contributed by atoms with Crippen molar-refractivity contribution in [2.24, 2.45) is 0 Å². The molecule has 1 aromatic heterocycles. The van der Waals surface area contributed by atoms with E-state index in [1.54, 1.807) is 0 Å². The van der Waals surface area contributed by atoms with Crippen LogP contribution in [0.5, 0.6) is 0 Å². The van der Waals surface area contributed by atoms with E-state index in [0.717, 1.165) is 36.4 Å². The molecular weight excluding hydrogens is 484 g/mol. The first kappa shape index (κ1) is 23.8. The average molecular weight is 494 g/mol. The molecule has 15 heteroatoms. The van der Waals surface area contributed by atoms with Crippen molar-refractivity contribution in [1.29, 1.82) is 0 Å². The van der Waals surface area contributed by atoms with Crippen LogP contribution in [0.3, 0.4) is 0 Å². The predicted octanol–water partition coefficient (Wildman–Crippen LogP) is 6.12. The maximum atomic E-state index is 13.2. The number of carbonyl (C=O) groups excluding carboxylic acids is 1. The summed E-state index contributed by atoms with van der Waals surface area (Å²) in [6, 6.07) is 6.70. The predicted molar refractivity (Wildman–Crippen MR) is 104 cm³/mol. The summed E-state index contributed by atoms with van der Waals surface area (Å²) < 4.78 is 78.0. The summed E-state index contributed by atoms with van der Waals surface area (Å²) in [6.45, 7) is 0. The zero-order chi connectivity index (χ0) is 24.6. The molecule has 0 bridgehead atoms. The monoisotopic (exact) mass is 493 g/mol. The van der Waals surface area contributed by atoms with Crippen LogP contribution in [0, 0.1) is 10.1 Å². The van der Waals surface area contributed by atoms with Crippen LogP contribution in [0.15, 0.2) is 48.5 Å². The number of amides is 2. The number of anilines is 2. The van der Waals surface area contributed by atoms with Crippen LogP contribution in [0.2, 0.25) is 5.02 Å². The number of aromatic nitrogens is 2. The Morgan fingerprint density at radius 2 is 1.61 bits per heavy atom. The van der Waals surface area contributed by atoms with Crippen molar-refractivity contribution in [2.75, 3.05) is 10.6 Å². The highest BCUT2D eigenvalue weighted by atomic mass is 35.5. The Labute approximate surface area is 184 Å². The molecule has 2 N–H and O–H groups in total. The first-order valence-electron chi connectivity index (χ1n) is 8.62. The lowest BCUT2D eigenvalue weighted by Gasteiger charge is -2.12. The Balaban J connectivity index is 1.78. The van der Waals surface area contributed by atoms with Gasteiger partial charge in [-0.25, -0.2) is 9.48 Å². The Morgan fingerprint density at radius 1 is 0.970 bits per heavy atom. The topological polar surface area (TPSA) is 102 Å². The molecule has 33 heavy (non-hydrogen) atoms. The van der Waals surface area contributed by atoms with E-state index in [-0.39, 0.29) is 38.5 Å². The zero-order valence-electron chi connectivity index (χ0n) is 15.8. The fourth-order valence-electron chi connectivity index (χ4n) is 2.61. The van der Waals surface area contributed by atoms with Crippen LogP contribution in [0.4, 0.5) is 48.2 Å². The lowest BCUT2D eigenvalue weighted by Crippen LogP contribution is -2.19. The summed E-state index contributed by atoms with van der Waals surface area (Å²) >= 11 is 5.87. The van der Waals surface area contributed by atoms with Gasteiger partial charge in [0, 0.05) is 23.9 Å². The van der Waals surface area contributed by atoms with E-state index in [1.165, 1.54) is 6.07 Å². The van der Waals surface area contributed by atoms with Gasteiger partial charge in [-0.3, -0.25) is 10.1 Å². The molecular formula is C18H10ClF6N5O3. The second-order valence-electron chi connectivity index (χ2n) is 6.37. The fraction of sp³-hybridized carbons (Fsp3) is 0.111. The molecule has 2 amide bonds. The normalized spacial score (nSPS) is 11.8. The maximum Gasteiger partial charge on any atom is 0.435 e. The number of alkyl halides is 6. The fourth-order valence-corrected chi connectivity index (χ4v) is 2.83. The first-order chi connectivity index (χ1) is 15.3. The summed E-state index contributed by atoms with van der Waals surface area (Å²) in [5, 5.41) is 18.3. The molecule has 8 nitrogen and oxygen atoms in total. The zero-order valence-corrected chi connectivity index (χ0v) is 16.6. The van der Waals surface area contributed by atoms with E-state index >= 15 is 0 Å². The minimum absolute atomic E-state index is 0.0439. The van der Waals surface area contributed by atoms with Crippen LogP contribution in [-0.2, 0) is 12.4 Å². The molecule has 0 aliphatic rings. The van der Waals surface area contributed by atoms with E-state index in [1.807, 2.05) is 0 Å². The first-order valence-corrected chi connectivity index (χ1v) is 9.00. The molecule has 0 saturated heterocycles. The number of nitrogens with zero attached hydrogens (tertiary/aromatic N) is 3. The number of carbonyl (C=O) groups is 1. The molecule has 1 heterocycles. The van der Waals surface area contributed by atoms with Gasteiger partial charge in [-0.05, 0) is 30.3 Å². The second kappa shape index (κ2) is 8.61. The van der Waals surface area contributed by atoms with Crippen LogP contribution in [0.25, 0.3) is 5.69 Å². The Kier molecular flexibility index (Phi) is 6.22. The molecule has 0 unspecified atom stereocenters. The number of rotatable bonds is 4. The van der Waals surface area contributed by atoms with E-state index < -0.39 is 34.7 Å². The van der Waals surface area contributed by atoms with E-state index in [2.05, 4.69) is 15.7 Å². The van der Waals surface area contributed by atoms with E-state index in [0.29, 0.717) is 0 Å². The van der Waals surface area contributed by atoms with Crippen molar-refractivity contribution < 1.29 is 36.1 Å². The van der Waals surface area contributed by atoms with E-state index in [4.69, 9.17) is 11.6 Å². The number of benzene rings is 2. The standard InChI is InChI=1S/C18H10ClF6N5O3/c19-12-7-11(30(32)33)5-6-13(12)27-16(31)26-9-1-3-10(4-2-9)29-15(18(23,24)25)8-14(28-29)17(20,21)22/h1-8H,(H2,26,27,31). The number of nitro groups is 1. The van der Waals surface area contributed by atoms with Gasteiger partial charge < -0.3 is 10.6 Å². The van der Waals surface area contributed by atoms with Crippen molar-refractivity contribution in [2.45, 2.75) is 12.4 Å². The van der Waals surface area contributed by atoms with Gasteiger partial charge in [0.2, 0.25) is 0 Å². The third kappa shape index (κ3) is 5.52. The minimum atomic E-state index is -5.10. The van der Waals surface area contributed by atoms with Crippen molar-refractivity contribution in [3.63, 3.8) is 0 Å². The third-order valence-corrected chi connectivity index (χ3v) is 4.38. The molecule has 2 aromatic carbocycles. The quantitative estimate of drug-likeness (QED) is 0.260. The molecule has 0 spiro atoms. The number of non-ortho nitro benzene ring substituents is 1. The van der Waals surface area contributed by atoms with Gasteiger partial charge in [0.05, 0.1) is 21.3 Å². The lowest BCUT2D eigenvalue weighted by molar-refractivity contribution is -0.384. The number of nitro benzene ring substituents is 1. The van der Waals surface area contributed by atoms with Gasteiger partial charge in [0.15, 0.2) is 5.69 Å². The van der Waals surface area contributed by atoms with Crippen LogP contribution in [-0.4, -0.2) is 20.7 Å². The largest absolute Gasteiger partial charge is 0.435 e. The maximum absolute atomic E-state index is 13.2. The Bertz CT molecular complexity index is 1210. The SMILES string of the molecule is O=C(Nc1ccc(-n2nc(C(F)(F)F)cc2C(F)(F)F)cc1)Nc1ccc([N+](=O)[O-])cc1Cl. The van der Waals surface area contributed by atoms with Crippen molar-refractivity contribution >= 4 is 34.7 Å². The van der Waals surface area contributed by atoms with Gasteiger partial charge in [0.1, 0.15) is 5.69 Å². The number of nitrogens with one attached hydrogen (secondary N) is 2. The number of urea groups is 1. The summed E-state index contributed by atoms with van der Waals surface area (Å²) in [5.41, 5.74) is -3.85. The van der Waals surface area contributed by atoms with Crippen molar-refractivity contribution in [3.8, 4) is 5.69 Å². The van der Waals surface area contributed by atoms with Gasteiger partial charge in [0.25, 0.3) is 5.69 Å². The van der Waals surface area contributed by atoms with Crippen molar-refractivity contribution in [3.05, 3.63) is 75.1 Å². The molecule has 0 aliphatic carbocycles. The summed E-state index contributed by atoms with van der Waals surface area (Å²) in [7, 11) is 0. The summed E-state index contributed by atoms with van der Waals surface area (Å²) in [4.78, 5) is 22.1. The highest BCUT2D eigenvalue weighted by molar-refractivity contribution is 6.34. The number of halogens is 7. The van der Waals surface area contributed by atoms with Gasteiger partial charge in [-0.15, -0.1) is 0 Å². The number of hydrogen-bond acceptors (Lipinski definition) is 4. The molecule has 0 atom stereocenters. The molecule has 0 saturated carbocycles. The molecule has 3 aromatic rings. The van der Waals surface area contributed by atoms with Gasteiger partial charge in [-0.1, -0.05) is 11.6 Å². The minimum Gasteiger partial charge on any atom is -0.308 e. The van der Waals surface area contributed by atoms with Crippen LogP contribution >= 0.6 is 11.6 Å². The van der Waals surface area contributed by atoms with Crippen LogP contribution in [0.1, 0.15) is 11.4 Å². The summed E-state index contributed by atoms with van der Waals surface area (Å²) in [5.74, 6) is 0. The molecule has 3 rings (SSSR count). The Hall–Kier alpha value is -3.81. The summed E-state index contributed by atoms with van der Waals surface area (Å²) in [6.07, 6.45) is -10.2. The Morgan fingerprint density at radius 3 is 2.12 bits per heavy atom. The lowest BCUT2D eigenvalue weighted by atomic mass is 10.2.